The van der Waals surface area contributed by atoms with E-state index in [0.717, 1.165) is 0 Å². The van der Waals surface area contributed by atoms with Gasteiger partial charge in [-0.2, -0.15) is 0 Å². The topological polar surface area (TPSA) is 69.6 Å². The first kappa shape index (κ1) is 14.2. The third-order valence-corrected chi connectivity index (χ3v) is 3.34. The highest BCUT2D eigenvalue weighted by Crippen LogP contribution is 2.36. The molecule has 2 rings (SSSR count). The number of aliphatic carboxylic acids is 1. The molecule has 0 spiro atoms. The van der Waals surface area contributed by atoms with Gasteiger partial charge in [0.2, 0.25) is 0 Å². The highest BCUT2D eigenvalue weighted by molar-refractivity contribution is 5.73. The number of carboxylic acids is 1. The minimum absolute atomic E-state index is 0.547. The minimum Gasteiger partial charge on any atom is -0.547 e. The van der Waals surface area contributed by atoms with Gasteiger partial charge in [0.25, 0.3) is 0 Å². The van der Waals surface area contributed by atoms with Gasteiger partial charge in [-0.25, -0.2) is 0 Å². The standard InChI is InChI=1S/C16H16O4/c1-20-16(14(17)15(18)19,12-8-4-2-5-9-12)13-10-6-3-7-11-13/h2-11,14,17H,1H3,(H,18,19)/p-1/t14-/m0/s1. The van der Waals surface area contributed by atoms with Crippen LogP contribution >= 0.6 is 0 Å². The normalized spacial score (nSPS) is 12.9. The van der Waals surface area contributed by atoms with Gasteiger partial charge in [0.1, 0.15) is 11.7 Å². The first-order chi connectivity index (χ1) is 9.63. The summed E-state index contributed by atoms with van der Waals surface area (Å²) < 4.78 is 5.46. The average molecular weight is 271 g/mol. The Bertz CT molecular complexity index is 526. The Labute approximate surface area is 117 Å². The summed E-state index contributed by atoms with van der Waals surface area (Å²) in [6.45, 7) is 0. The van der Waals surface area contributed by atoms with E-state index in [1.54, 1.807) is 60.7 Å². The summed E-state index contributed by atoms with van der Waals surface area (Å²) in [5.41, 5.74) is -0.405. The molecule has 0 heterocycles. The minimum atomic E-state index is -1.82. The van der Waals surface area contributed by atoms with Crippen LogP contribution in [0.15, 0.2) is 60.7 Å². The summed E-state index contributed by atoms with van der Waals surface area (Å²) in [6, 6.07) is 17.5. The van der Waals surface area contributed by atoms with E-state index in [0.29, 0.717) is 11.1 Å². The number of carbonyl (C=O) groups is 1. The zero-order valence-corrected chi connectivity index (χ0v) is 11.0. The maximum Gasteiger partial charge on any atom is 0.149 e. The summed E-state index contributed by atoms with van der Waals surface area (Å²) in [5, 5.41) is 21.4. The molecule has 2 aromatic rings. The van der Waals surface area contributed by atoms with Crippen LogP contribution < -0.4 is 5.11 Å². The van der Waals surface area contributed by atoms with Crippen molar-refractivity contribution in [3.8, 4) is 0 Å². The molecular formula is C16H15O4-. The number of methoxy groups -OCH3 is 1. The number of rotatable bonds is 5. The number of aliphatic hydroxyl groups excluding tert-OH is 1. The summed E-state index contributed by atoms with van der Waals surface area (Å²) in [4.78, 5) is 11.2. The molecule has 4 heteroatoms. The van der Waals surface area contributed by atoms with Gasteiger partial charge in [0.15, 0.2) is 0 Å². The van der Waals surface area contributed by atoms with Crippen molar-refractivity contribution in [2.75, 3.05) is 7.11 Å². The van der Waals surface area contributed by atoms with Crippen LogP contribution in [0.3, 0.4) is 0 Å². The summed E-state index contributed by atoms with van der Waals surface area (Å²) in [7, 11) is 1.37. The van der Waals surface area contributed by atoms with Crippen LogP contribution in [0.4, 0.5) is 0 Å². The van der Waals surface area contributed by atoms with Gasteiger partial charge >= 0.3 is 0 Å². The molecule has 0 unspecified atom stereocenters. The Morgan fingerprint density at radius 2 is 1.45 bits per heavy atom. The van der Waals surface area contributed by atoms with Crippen LogP contribution in [0.1, 0.15) is 11.1 Å². The van der Waals surface area contributed by atoms with E-state index in [1.165, 1.54) is 7.11 Å². The number of carboxylic acid groups (broad SMARTS) is 1. The molecule has 0 aliphatic rings. The maximum absolute atomic E-state index is 11.2. The lowest BCUT2D eigenvalue weighted by atomic mass is 9.81. The highest BCUT2D eigenvalue weighted by Gasteiger charge is 2.42. The van der Waals surface area contributed by atoms with Gasteiger partial charge in [0, 0.05) is 7.11 Å². The number of benzene rings is 2. The molecule has 0 saturated heterocycles. The number of hydrogen-bond acceptors (Lipinski definition) is 4. The van der Waals surface area contributed by atoms with Crippen LogP contribution in [0.25, 0.3) is 0 Å². The lowest BCUT2D eigenvalue weighted by Crippen LogP contribution is -2.52. The molecule has 4 nitrogen and oxygen atoms in total. The zero-order chi connectivity index (χ0) is 14.6. The highest BCUT2D eigenvalue weighted by atomic mass is 16.5. The second-order valence-corrected chi connectivity index (χ2v) is 4.39. The second kappa shape index (κ2) is 5.86. The van der Waals surface area contributed by atoms with Crippen LogP contribution in [0.5, 0.6) is 0 Å². The van der Waals surface area contributed by atoms with Crippen molar-refractivity contribution in [2.45, 2.75) is 11.7 Å². The lowest BCUT2D eigenvalue weighted by Gasteiger charge is -2.38. The molecular weight excluding hydrogens is 256 g/mol. The molecule has 20 heavy (non-hydrogen) atoms. The van der Waals surface area contributed by atoms with Crippen LogP contribution in [-0.4, -0.2) is 24.3 Å². The molecule has 104 valence electrons. The molecule has 0 bridgehead atoms. The summed E-state index contributed by atoms with van der Waals surface area (Å²) >= 11 is 0. The number of hydrogen-bond donors (Lipinski definition) is 1. The van der Waals surface area contributed by atoms with E-state index in [4.69, 9.17) is 4.74 Å². The fourth-order valence-electron chi connectivity index (χ4n) is 2.37. The number of ether oxygens (including phenoxy) is 1. The first-order valence-corrected chi connectivity index (χ1v) is 6.18. The molecule has 0 fully saturated rings. The lowest BCUT2D eigenvalue weighted by molar-refractivity contribution is -0.322. The quantitative estimate of drug-likeness (QED) is 0.868. The van der Waals surface area contributed by atoms with E-state index in [9.17, 15) is 15.0 Å². The fraction of sp³-hybridized carbons (Fsp3) is 0.188. The molecule has 1 atom stereocenters. The molecule has 1 N–H and O–H groups in total. The van der Waals surface area contributed by atoms with E-state index in [1.807, 2.05) is 0 Å². The first-order valence-electron chi connectivity index (χ1n) is 6.18. The second-order valence-electron chi connectivity index (χ2n) is 4.39. The van der Waals surface area contributed by atoms with Crippen molar-refractivity contribution in [1.29, 1.82) is 0 Å². The van der Waals surface area contributed by atoms with Crippen LogP contribution in [0.2, 0.25) is 0 Å². The smallest absolute Gasteiger partial charge is 0.149 e. The van der Waals surface area contributed by atoms with Gasteiger partial charge < -0.3 is 19.7 Å². The third kappa shape index (κ3) is 2.31. The zero-order valence-electron chi connectivity index (χ0n) is 11.0. The number of carbonyl (C=O) groups excluding carboxylic acids is 1. The van der Waals surface area contributed by atoms with Crippen molar-refractivity contribution in [3.63, 3.8) is 0 Å². The van der Waals surface area contributed by atoms with Gasteiger partial charge in [-0.1, -0.05) is 60.7 Å². The van der Waals surface area contributed by atoms with Crippen molar-refractivity contribution >= 4 is 5.97 Å². The molecule has 0 aliphatic heterocycles. The van der Waals surface area contributed by atoms with Gasteiger partial charge in [-0.3, -0.25) is 0 Å². The van der Waals surface area contributed by atoms with Crippen LogP contribution in [-0.2, 0) is 15.1 Å². The van der Waals surface area contributed by atoms with Gasteiger partial charge in [0.05, 0.1) is 5.97 Å². The maximum atomic E-state index is 11.2. The molecule has 0 amide bonds. The molecule has 0 radical (unpaired) electrons. The predicted octanol–water partition coefficient (Wildman–Crippen LogP) is 0.687. The van der Waals surface area contributed by atoms with Crippen molar-refractivity contribution in [2.24, 2.45) is 0 Å². The fourth-order valence-corrected chi connectivity index (χ4v) is 2.37. The average Bonchev–Trinajstić information content (AvgIpc) is 2.50. The largest absolute Gasteiger partial charge is 0.547 e. The van der Waals surface area contributed by atoms with Crippen molar-refractivity contribution in [1.82, 2.24) is 0 Å². The predicted molar refractivity (Wildman–Crippen MR) is 71.7 cm³/mol. The molecule has 0 aliphatic carbocycles. The molecule has 0 aromatic heterocycles. The Balaban J connectivity index is 2.68. The molecule has 2 aromatic carbocycles. The Morgan fingerprint density at radius 3 is 1.75 bits per heavy atom. The summed E-state index contributed by atoms with van der Waals surface area (Å²) in [5.74, 6) is -1.58. The van der Waals surface area contributed by atoms with Gasteiger partial charge in [-0.05, 0) is 11.1 Å². The number of aliphatic hydroxyl groups is 1. The van der Waals surface area contributed by atoms with Crippen molar-refractivity contribution < 1.29 is 19.7 Å². The van der Waals surface area contributed by atoms with E-state index in [2.05, 4.69) is 0 Å². The molecule has 0 saturated carbocycles. The van der Waals surface area contributed by atoms with E-state index < -0.39 is 17.7 Å². The Kier molecular flexibility index (Phi) is 4.17. The monoisotopic (exact) mass is 271 g/mol. The Hall–Kier alpha value is -2.17. The SMILES string of the molecule is COC(c1ccccc1)(c1ccccc1)[C@@H](O)C(=O)[O-]. The van der Waals surface area contributed by atoms with Crippen LogP contribution in [0, 0.1) is 0 Å². The summed E-state index contributed by atoms with van der Waals surface area (Å²) in [6.07, 6.45) is -1.82. The van der Waals surface area contributed by atoms with E-state index in [-0.39, 0.29) is 0 Å². The third-order valence-electron chi connectivity index (χ3n) is 3.34. The Morgan fingerprint density at radius 1 is 1.05 bits per heavy atom. The van der Waals surface area contributed by atoms with Crippen molar-refractivity contribution in [3.05, 3.63) is 71.8 Å². The van der Waals surface area contributed by atoms with E-state index >= 15 is 0 Å². The van der Waals surface area contributed by atoms with Gasteiger partial charge in [-0.15, -0.1) is 0 Å².